The molecule has 2 unspecified atom stereocenters. The minimum Gasteiger partial charge on any atom is -0.481 e. The number of carbonyl (C=O) groups excluding carboxylic acids is 2. The first-order chi connectivity index (χ1) is 9.86. The topological polar surface area (TPSA) is 77.9 Å². The molecular weight excluding hydrogens is 292 g/mol. The minimum absolute atomic E-state index is 0.0178. The lowest BCUT2D eigenvalue weighted by molar-refractivity contribution is -0.147. The van der Waals surface area contributed by atoms with Gasteiger partial charge in [0.15, 0.2) is 0 Å². The number of amides is 2. The Morgan fingerprint density at radius 3 is 2.67 bits per heavy atom. The zero-order valence-corrected chi connectivity index (χ0v) is 13.7. The predicted molar refractivity (Wildman–Crippen MR) is 82.1 cm³/mol. The van der Waals surface area contributed by atoms with E-state index in [1.807, 2.05) is 13.2 Å². The number of rotatable bonds is 6. The number of likely N-dealkylation sites (N-methyl/N-ethyl adjacent to an activating group) is 1. The van der Waals surface area contributed by atoms with Crippen molar-refractivity contribution < 1.29 is 19.5 Å². The lowest BCUT2D eigenvalue weighted by atomic mass is 9.98. The van der Waals surface area contributed by atoms with Crippen molar-refractivity contribution in [3.8, 4) is 0 Å². The molecule has 120 valence electrons. The Kier molecular flexibility index (Phi) is 7.01. The van der Waals surface area contributed by atoms with Crippen LogP contribution in [0.2, 0.25) is 0 Å². The van der Waals surface area contributed by atoms with Crippen LogP contribution in [0.3, 0.4) is 0 Å². The van der Waals surface area contributed by atoms with E-state index in [2.05, 4.69) is 0 Å². The second kappa shape index (κ2) is 8.26. The molecule has 1 fully saturated rings. The molecule has 7 heteroatoms. The maximum Gasteiger partial charge on any atom is 0.308 e. The smallest absolute Gasteiger partial charge is 0.308 e. The lowest BCUT2D eigenvalue weighted by Gasteiger charge is -2.32. The van der Waals surface area contributed by atoms with Crippen molar-refractivity contribution in [1.29, 1.82) is 0 Å². The molecule has 1 N–H and O–H groups in total. The van der Waals surface area contributed by atoms with Crippen LogP contribution < -0.4 is 0 Å². The van der Waals surface area contributed by atoms with Gasteiger partial charge in [0, 0.05) is 31.8 Å². The third-order valence-electron chi connectivity index (χ3n) is 3.71. The molecule has 0 bridgehead atoms. The molecule has 0 spiro atoms. The molecule has 0 radical (unpaired) electrons. The van der Waals surface area contributed by atoms with E-state index in [9.17, 15) is 14.4 Å². The van der Waals surface area contributed by atoms with E-state index in [1.54, 1.807) is 23.7 Å². The molecule has 1 rings (SSSR count). The highest BCUT2D eigenvalue weighted by Gasteiger charge is 2.29. The number of aliphatic carboxylic acids is 1. The molecule has 2 atom stereocenters. The van der Waals surface area contributed by atoms with Crippen molar-refractivity contribution in [3.63, 3.8) is 0 Å². The van der Waals surface area contributed by atoms with Crippen LogP contribution >= 0.6 is 11.8 Å². The number of nitrogens with zero attached hydrogens (tertiary/aromatic N) is 2. The zero-order chi connectivity index (χ0) is 16.0. The van der Waals surface area contributed by atoms with Gasteiger partial charge >= 0.3 is 5.97 Å². The Bertz CT molecular complexity index is 402. The maximum absolute atomic E-state index is 12.2. The number of hydrogen-bond acceptors (Lipinski definition) is 4. The van der Waals surface area contributed by atoms with Gasteiger partial charge in [0.05, 0.1) is 12.5 Å². The van der Waals surface area contributed by atoms with E-state index in [4.69, 9.17) is 5.11 Å². The minimum atomic E-state index is -0.856. The average molecular weight is 316 g/mol. The summed E-state index contributed by atoms with van der Waals surface area (Å²) in [6.07, 6.45) is 3.25. The van der Waals surface area contributed by atoms with Gasteiger partial charge < -0.3 is 14.9 Å². The first kappa shape index (κ1) is 17.8. The van der Waals surface area contributed by atoms with Gasteiger partial charge in [0.1, 0.15) is 0 Å². The molecule has 6 nitrogen and oxygen atoms in total. The van der Waals surface area contributed by atoms with Crippen LogP contribution in [-0.2, 0) is 14.4 Å². The van der Waals surface area contributed by atoms with Crippen LogP contribution in [0.4, 0.5) is 0 Å². The first-order valence-corrected chi connectivity index (χ1v) is 8.50. The second-order valence-corrected chi connectivity index (χ2v) is 6.48. The third kappa shape index (κ3) is 5.22. The maximum atomic E-state index is 12.2. The second-order valence-electron chi connectivity index (χ2n) is 5.57. The lowest BCUT2D eigenvalue weighted by Crippen LogP contribution is -2.47. The summed E-state index contributed by atoms with van der Waals surface area (Å²) >= 11 is 1.60. The Morgan fingerprint density at radius 2 is 2.10 bits per heavy atom. The van der Waals surface area contributed by atoms with E-state index >= 15 is 0 Å². The summed E-state index contributed by atoms with van der Waals surface area (Å²) in [6, 6.07) is 0. The van der Waals surface area contributed by atoms with Gasteiger partial charge in [-0.15, -0.1) is 0 Å². The molecule has 0 aliphatic carbocycles. The van der Waals surface area contributed by atoms with Crippen LogP contribution in [-0.4, -0.2) is 71.4 Å². The van der Waals surface area contributed by atoms with E-state index in [1.165, 1.54) is 4.90 Å². The zero-order valence-electron chi connectivity index (χ0n) is 12.9. The van der Waals surface area contributed by atoms with Gasteiger partial charge in [-0.3, -0.25) is 14.4 Å². The molecule has 0 aromatic heterocycles. The number of carboxylic acid groups (broad SMARTS) is 1. The largest absolute Gasteiger partial charge is 0.481 e. The summed E-state index contributed by atoms with van der Waals surface area (Å²) in [5, 5.41) is 9.03. The normalized spacial score (nSPS) is 20.0. The number of carboxylic acids is 1. The molecule has 0 saturated carbocycles. The fourth-order valence-corrected chi connectivity index (χ4v) is 3.13. The van der Waals surface area contributed by atoms with Crippen LogP contribution in [0.15, 0.2) is 0 Å². The van der Waals surface area contributed by atoms with Gasteiger partial charge in [0.25, 0.3) is 0 Å². The van der Waals surface area contributed by atoms with Crippen LogP contribution in [0.1, 0.15) is 19.8 Å². The van der Waals surface area contributed by atoms with E-state index in [0.29, 0.717) is 19.4 Å². The monoisotopic (exact) mass is 316 g/mol. The van der Waals surface area contributed by atoms with E-state index in [-0.39, 0.29) is 30.8 Å². The number of thioether (sulfide) groups is 1. The van der Waals surface area contributed by atoms with Crippen LogP contribution in [0.5, 0.6) is 0 Å². The molecule has 1 heterocycles. The SMILES string of the molecule is CSCC(C)C(=O)N(C)CC(=O)N1CCCC(C(=O)O)C1. The molecule has 0 aromatic carbocycles. The molecule has 1 aliphatic heterocycles. The standard InChI is InChI=1S/C14H24N2O4S/c1-10(9-21-3)13(18)15(2)8-12(17)16-6-4-5-11(7-16)14(19)20/h10-11H,4-9H2,1-3H3,(H,19,20). The van der Waals surface area contributed by atoms with Crippen molar-refractivity contribution in [2.45, 2.75) is 19.8 Å². The van der Waals surface area contributed by atoms with Crippen molar-refractivity contribution in [2.24, 2.45) is 11.8 Å². The van der Waals surface area contributed by atoms with Gasteiger partial charge in [-0.2, -0.15) is 11.8 Å². The van der Waals surface area contributed by atoms with Crippen molar-refractivity contribution >= 4 is 29.5 Å². The number of hydrogen-bond donors (Lipinski definition) is 1. The summed E-state index contributed by atoms with van der Waals surface area (Å²) in [5.41, 5.74) is 0. The number of piperidine rings is 1. The van der Waals surface area contributed by atoms with Gasteiger partial charge in [-0.1, -0.05) is 6.92 Å². The van der Waals surface area contributed by atoms with E-state index < -0.39 is 11.9 Å². The quantitative estimate of drug-likeness (QED) is 0.783. The first-order valence-electron chi connectivity index (χ1n) is 7.11. The summed E-state index contributed by atoms with van der Waals surface area (Å²) < 4.78 is 0. The fourth-order valence-electron chi connectivity index (χ4n) is 2.48. The molecule has 0 aromatic rings. The van der Waals surface area contributed by atoms with Gasteiger partial charge in [-0.05, 0) is 19.1 Å². The number of likely N-dealkylation sites (tertiary alicyclic amines) is 1. The average Bonchev–Trinajstić information content (AvgIpc) is 2.46. The highest BCUT2D eigenvalue weighted by molar-refractivity contribution is 7.98. The van der Waals surface area contributed by atoms with Crippen LogP contribution in [0, 0.1) is 11.8 Å². The van der Waals surface area contributed by atoms with Gasteiger partial charge in [-0.25, -0.2) is 0 Å². The molecule has 1 aliphatic rings. The van der Waals surface area contributed by atoms with Gasteiger partial charge in [0.2, 0.25) is 11.8 Å². The predicted octanol–water partition coefficient (Wildman–Crippen LogP) is 0.767. The number of carbonyl (C=O) groups is 3. The Morgan fingerprint density at radius 1 is 1.43 bits per heavy atom. The summed E-state index contributed by atoms with van der Waals surface area (Å²) in [5.74, 6) is -0.962. The fraction of sp³-hybridized carbons (Fsp3) is 0.786. The van der Waals surface area contributed by atoms with Crippen LogP contribution in [0.25, 0.3) is 0 Å². The summed E-state index contributed by atoms with van der Waals surface area (Å²) in [7, 11) is 1.62. The Hall–Kier alpha value is -1.24. The van der Waals surface area contributed by atoms with Crippen molar-refractivity contribution in [1.82, 2.24) is 9.80 Å². The molecular formula is C14H24N2O4S. The highest BCUT2D eigenvalue weighted by Crippen LogP contribution is 2.17. The van der Waals surface area contributed by atoms with E-state index in [0.717, 1.165) is 5.75 Å². The molecule has 2 amide bonds. The molecule has 21 heavy (non-hydrogen) atoms. The highest BCUT2D eigenvalue weighted by atomic mass is 32.2. The van der Waals surface area contributed by atoms with Crippen molar-refractivity contribution in [3.05, 3.63) is 0 Å². The Balaban J connectivity index is 2.52. The third-order valence-corrected chi connectivity index (χ3v) is 4.54. The van der Waals surface area contributed by atoms with Crippen molar-refractivity contribution in [2.75, 3.05) is 38.7 Å². The summed E-state index contributed by atoms with van der Waals surface area (Å²) in [4.78, 5) is 38.3. The summed E-state index contributed by atoms with van der Waals surface area (Å²) in [6.45, 7) is 2.69. The Labute approximate surface area is 129 Å². The molecule has 1 saturated heterocycles.